The summed E-state index contributed by atoms with van der Waals surface area (Å²) < 4.78 is 5.50. The Bertz CT molecular complexity index is 570. The zero-order chi connectivity index (χ0) is 14.0. The molecule has 2 rings (SSSR count). The Morgan fingerprint density at radius 3 is 2.68 bits per heavy atom. The molecule has 0 aliphatic heterocycles. The summed E-state index contributed by atoms with van der Waals surface area (Å²) in [7, 11) is 0. The number of hydrogen-bond acceptors (Lipinski definition) is 3. The van der Waals surface area contributed by atoms with Crippen molar-refractivity contribution < 1.29 is 4.42 Å². The molecule has 1 aromatic carbocycles. The molecule has 0 fully saturated rings. The predicted molar refractivity (Wildman–Crippen MR) is 78.3 cm³/mol. The molecule has 0 atom stereocenters. The second-order valence-corrected chi connectivity index (χ2v) is 6.10. The summed E-state index contributed by atoms with van der Waals surface area (Å²) in [5.41, 5.74) is 2.95. The number of rotatable bonds is 3. The van der Waals surface area contributed by atoms with E-state index in [0.717, 1.165) is 27.6 Å². The van der Waals surface area contributed by atoms with Crippen LogP contribution in [0.4, 0.5) is 0 Å². The topological polar surface area (TPSA) is 38.1 Å². The molecule has 2 aromatic rings. The highest BCUT2D eigenvalue weighted by Crippen LogP contribution is 2.27. The number of oxazole rings is 1. The number of aromatic nitrogens is 1. The molecule has 0 bridgehead atoms. The quantitative estimate of drug-likeness (QED) is 0.915. The zero-order valence-electron chi connectivity index (χ0n) is 11.7. The first kappa shape index (κ1) is 14.1. The maximum absolute atomic E-state index is 6.16. The second kappa shape index (κ2) is 5.35. The Hall–Kier alpha value is -1.32. The van der Waals surface area contributed by atoms with E-state index in [1.165, 1.54) is 6.39 Å². The van der Waals surface area contributed by atoms with Gasteiger partial charge < -0.3 is 9.73 Å². The number of benzene rings is 1. The van der Waals surface area contributed by atoms with E-state index >= 15 is 0 Å². The molecule has 4 heteroatoms. The Labute approximate surface area is 119 Å². The molecule has 0 saturated heterocycles. The molecule has 0 unspecified atom stereocenters. The van der Waals surface area contributed by atoms with Gasteiger partial charge in [-0.2, -0.15) is 0 Å². The number of halogens is 1. The van der Waals surface area contributed by atoms with Crippen LogP contribution in [0, 0.1) is 6.92 Å². The van der Waals surface area contributed by atoms with Crippen molar-refractivity contribution >= 4 is 11.6 Å². The summed E-state index contributed by atoms with van der Waals surface area (Å²) >= 11 is 6.16. The Morgan fingerprint density at radius 2 is 2.05 bits per heavy atom. The first-order valence-corrected chi connectivity index (χ1v) is 6.68. The van der Waals surface area contributed by atoms with E-state index in [2.05, 4.69) is 31.1 Å². The smallest absolute Gasteiger partial charge is 0.181 e. The standard InChI is InChI=1S/C15H19ClN2O/c1-10-5-6-11(7-12(10)16)14-13(17-9-19-14)8-18-15(2,3)4/h5-7,9,18H,8H2,1-4H3. The third kappa shape index (κ3) is 3.58. The minimum absolute atomic E-state index is 0.0428. The van der Waals surface area contributed by atoms with Crippen LogP contribution in [0.2, 0.25) is 5.02 Å². The van der Waals surface area contributed by atoms with Crippen molar-refractivity contribution in [2.45, 2.75) is 39.8 Å². The highest BCUT2D eigenvalue weighted by Gasteiger charge is 2.15. The first-order valence-electron chi connectivity index (χ1n) is 6.31. The SMILES string of the molecule is Cc1ccc(-c2ocnc2CNC(C)(C)C)cc1Cl. The average molecular weight is 279 g/mol. The van der Waals surface area contributed by atoms with Crippen molar-refractivity contribution in [2.24, 2.45) is 0 Å². The molecule has 1 N–H and O–H groups in total. The molecule has 0 spiro atoms. The second-order valence-electron chi connectivity index (χ2n) is 5.70. The van der Waals surface area contributed by atoms with E-state index in [4.69, 9.17) is 16.0 Å². The summed E-state index contributed by atoms with van der Waals surface area (Å²) in [6.45, 7) is 9.01. The van der Waals surface area contributed by atoms with Crippen LogP contribution in [0.15, 0.2) is 29.0 Å². The predicted octanol–water partition coefficient (Wildman–Crippen LogP) is 4.19. The third-order valence-electron chi connectivity index (χ3n) is 2.86. The fraction of sp³-hybridized carbons (Fsp3) is 0.400. The van der Waals surface area contributed by atoms with Gasteiger partial charge in [-0.05, 0) is 39.3 Å². The van der Waals surface area contributed by atoms with Crippen molar-refractivity contribution in [3.8, 4) is 11.3 Å². The number of aryl methyl sites for hydroxylation is 1. The summed E-state index contributed by atoms with van der Waals surface area (Å²) in [6.07, 6.45) is 1.47. The third-order valence-corrected chi connectivity index (χ3v) is 3.27. The molecule has 0 radical (unpaired) electrons. The van der Waals surface area contributed by atoms with E-state index in [1.54, 1.807) is 0 Å². The maximum Gasteiger partial charge on any atom is 0.181 e. The highest BCUT2D eigenvalue weighted by atomic mass is 35.5. The van der Waals surface area contributed by atoms with Crippen LogP contribution in [0.1, 0.15) is 32.0 Å². The van der Waals surface area contributed by atoms with E-state index in [-0.39, 0.29) is 5.54 Å². The summed E-state index contributed by atoms with van der Waals surface area (Å²) in [5.74, 6) is 0.777. The molecule has 102 valence electrons. The molecular formula is C15H19ClN2O. The van der Waals surface area contributed by atoms with Gasteiger partial charge in [-0.25, -0.2) is 4.98 Å². The van der Waals surface area contributed by atoms with E-state index in [9.17, 15) is 0 Å². The number of nitrogens with zero attached hydrogens (tertiary/aromatic N) is 1. The van der Waals surface area contributed by atoms with Gasteiger partial charge in [-0.1, -0.05) is 23.7 Å². The molecule has 0 aliphatic rings. The van der Waals surface area contributed by atoms with Crippen LogP contribution in [0.5, 0.6) is 0 Å². The van der Waals surface area contributed by atoms with Crippen molar-refractivity contribution in [3.05, 3.63) is 40.9 Å². The lowest BCUT2D eigenvalue weighted by atomic mass is 10.1. The normalized spacial score (nSPS) is 11.8. The molecule has 1 heterocycles. The van der Waals surface area contributed by atoms with Gasteiger partial charge in [-0.3, -0.25) is 0 Å². The fourth-order valence-electron chi connectivity index (χ4n) is 1.71. The number of nitrogens with one attached hydrogen (secondary N) is 1. The minimum Gasteiger partial charge on any atom is -0.443 e. The van der Waals surface area contributed by atoms with Crippen LogP contribution in [0.3, 0.4) is 0 Å². The van der Waals surface area contributed by atoms with Gasteiger partial charge in [0.15, 0.2) is 12.2 Å². The molecule has 0 saturated carbocycles. The molecule has 1 aromatic heterocycles. The first-order chi connectivity index (χ1) is 8.87. The molecule has 0 aliphatic carbocycles. The van der Waals surface area contributed by atoms with Gasteiger partial charge in [0.2, 0.25) is 0 Å². The summed E-state index contributed by atoms with van der Waals surface area (Å²) in [4.78, 5) is 4.28. The van der Waals surface area contributed by atoms with Gasteiger partial charge in [0.05, 0.1) is 0 Å². The minimum atomic E-state index is 0.0428. The molecule has 19 heavy (non-hydrogen) atoms. The van der Waals surface area contributed by atoms with Gasteiger partial charge in [0.1, 0.15) is 5.69 Å². The van der Waals surface area contributed by atoms with Gasteiger partial charge in [-0.15, -0.1) is 0 Å². The zero-order valence-corrected chi connectivity index (χ0v) is 12.5. The van der Waals surface area contributed by atoms with Crippen molar-refractivity contribution in [1.29, 1.82) is 0 Å². The van der Waals surface area contributed by atoms with Crippen LogP contribution in [-0.2, 0) is 6.54 Å². The van der Waals surface area contributed by atoms with Crippen LogP contribution >= 0.6 is 11.6 Å². The summed E-state index contributed by atoms with van der Waals surface area (Å²) in [6, 6.07) is 5.90. The maximum atomic E-state index is 6.16. The Kier molecular flexibility index (Phi) is 3.97. The monoisotopic (exact) mass is 278 g/mol. The largest absolute Gasteiger partial charge is 0.443 e. The lowest BCUT2D eigenvalue weighted by Crippen LogP contribution is -2.35. The van der Waals surface area contributed by atoms with Crippen LogP contribution in [-0.4, -0.2) is 10.5 Å². The summed E-state index contributed by atoms with van der Waals surface area (Å²) in [5, 5.41) is 4.14. The van der Waals surface area contributed by atoms with Crippen molar-refractivity contribution in [1.82, 2.24) is 10.3 Å². The Balaban J connectivity index is 2.26. The molecule has 3 nitrogen and oxygen atoms in total. The fourth-order valence-corrected chi connectivity index (χ4v) is 1.89. The van der Waals surface area contributed by atoms with Crippen LogP contribution < -0.4 is 5.32 Å². The van der Waals surface area contributed by atoms with Crippen molar-refractivity contribution in [3.63, 3.8) is 0 Å². The lowest BCUT2D eigenvalue weighted by molar-refractivity contribution is 0.421. The van der Waals surface area contributed by atoms with E-state index < -0.39 is 0 Å². The van der Waals surface area contributed by atoms with Crippen LogP contribution in [0.25, 0.3) is 11.3 Å². The Morgan fingerprint density at radius 1 is 1.32 bits per heavy atom. The lowest BCUT2D eigenvalue weighted by Gasteiger charge is -2.19. The highest BCUT2D eigenvalue weighted by molar-refractivity contribution is 6.31. The molecule has 0 amide bonds. The van der Waals surface area contributed by atoms with E-state index in [0.29, 0.717) is 6.54 Å². The van der Waals surface area contributed by atoms with Gasteiger partial charge >= 0.3 is 0 Å². The van der Waals surface area contributed by atoms with Gasteiger partial charge in [0, 0.05) is 22.7 Å². The average Bonchev–Trinajstić information content (AvgIpc) is 2.77. The number of hydrogen-bond donors (Lipinski definition) is 1. The van der Waals surface area contributed by atoms with Crippen molar-refractivity contribution in [2.75, 3.05) is 0 Å². The van der Waals surface area contributed by atoms with Gasteiger partial charge in [0.25, 0.3) is 0 Å². The molecular weight excluding hydrogens is 260 g/mol. The van der Waals surface area contributed by atoms with E-state index in [1.807, 2.05) is 25.1 Å².